The van der Waals surface area contributed by atoms with Gasteiger partial charge in [-0.2, -0.15) is 0 Å². The van der Waals surface area contributed by atoms with Crippen LogP contribution in [-0.4, -0.2) is 23.8 Å². The second-order valence-electron chi connectivity index (χ2n) is 3.19. The zero-order chi connectivity index (χ0) is 11.3. The molecule has 0 aliphatic carbocycles. The molecule has 0 saturated heterocycles. The zero-order valence-electron chi connectivity index (χ0n) is 8.82. The van der Waals surface area contributed by atoms with Crippen LogP contribution in [0.15, 0.2) is 18.3 Å². The highest BCUT2D eigenvalue weighted by Gasteiger charge is 2.12. The van der Waals surface area contributed by atoms with Crippen LogP contribution in [0, 0.1) is 0 Å². The van der Waals surface area contributed by atoms with Gasteiger partial charge in [0.25, 0.3) is 0 Å². The molecule has 0 amide bonds. The fourth-order valence-corrected chi connectivity index (χ4v) is 1.23. The van der Waals surface area contributed by atoms with E-state index in [0.29, 0.717) is 24.1 Å². The Kier molecular flexibility index (Phi) is 3.97. The van der Waals surface area contributed by atoms with E-state index in [9.17, 15) is 9.59 Å². The van der Waals surface area contributed by atoms with Gasteiger partial charge in [-0.15, -0.1) is 0 Å². The molecule has 0 bridgehead atoms. The number of Topliss-reactive ketones (excluding diaryl/α,β-unsaturated/α-hetero) is 1. The molecule has 0 atom stereocenters. The van der Waals surface area contributed by atoms with Gasteiger partial charge in [-0.25, -0.2) is 4.79 Å². The fourth-order valence-electron chi connectivity index (χ4n) is 1.23. The molecule has 4 nitrogen and oxygen atoms in total. The van der Waals surface area contributed by atoms with E-state index in [1.54, 1.807) is 18.3 Å². The molecule has 0 aromatic carbocycles. The largest absolute Gasteiger partial charge is 0.465 e. The number of aryl methyl sites for hydroxylation is 1. The fraction of sp³-hybridized carbons (Fsp3) is 0.364. The predicted octanol–water partition coefficient (Wildman–Crippen LogP) is 1.39. The van der Waals surface area contributed by atoms with Crippen LogP contribution in [0.3, 0.4) is 0 Å². The summed E-state index contributed by atoms with van der Waals surface area (Å²) < 4.78 is 4.62. The molecular weight excluding hydrogens is 194 g/mol. The summed E-state index contributed by atoms with van der Waals surface area (Å²) in [6, 6.07) is 3.32. The Morgan fingerprint density at radius 3 is 2.80 bits per heavy atom. The van der Waals surface area contributed by atoms with Crippen molar-refractivity contribution in [2.45, 2.75) is 19.8 Å². The smallest absolute Gasteiger partial charge is 0.339 e. The van der Waals surface area contributed by atoms with Gasteiger partial charge in [0, 0.05) is 12.6 Å². The van der Waals surface area contributed by atoms with Crippen molar-refractivity contribution in [3.8, 4) is 0 Å². The molecule has 0 saturated carbocycles. The summed E-state index contributed by atoms with van der Waals surface area (Å²) >= 11 is 0. The van der Waals surface area contributed by atoms with Crippen molar-refractivity contribution in [3.05, 3.63) is 29.6 Å². The van der Waals surface area contributed by atoms with Crippen molar-refractivity contribution in [2.24, 2.45) is 0 Å². The molecule has 0 spiro atoms. The van der Waals surface area contributed by atoms with Crippen molar-refractivity contribution in [3.63, 3.8) is 0 Å². The monoisotopic (exact) mass is 207 g/mol. The summed E-state index contributed by atoms with van der Waals surface area (Å²) in [7, 11) is 1.32. The second kappa shape index (κ2) is 5.24. The lowest BCUT2D eigenvalue weighted by atomic mass is 10.1. The average Bonchev–Trinajstić information content (AvgIpc) is 2.25. The molecule has 0 radical (unpaired) electrons. The van der Waals surface area contributed by atoms with Crippen LogP contribution in [0.4, 0.5) is 0 Å². The number of nitrogens with zero attached hydrogens (tertiary/aromatic N) is 1. The molecule has 1 aromatic rings. The van der Waals surface area contributed by atoms with Gasteiger partial charge in [0.05, 0.1) is 18.4 Å². The molecular formula is C11H13NO3. The van der Waals surface area contributed by atoms with Gasteiger partial charge >= 0.3 is 5.97 Å². The predicted molar refractivity (Wildman–Crippen MR) is 54.6 cm³/mol. The standard InChI is InChI=1S/C11H13NO3/c1-8(13)5-6-10-9(11(14)15-2)4-3-7-12-10/h3-4,7H,5-6H2,1-2H3. The number of hydrogen-bond acceptors (Lipinski definition) is 4. The number of aromatic nitrogens is 1. The molecule has 4 heteroatoms. The highest BCUT2D eigenvalue weighted by molar-refractivity contribution is 5.90. The van der Waals surface area contributed by atoms with E-state index in [1.807, 2.05) is 0 Å². The zero-order valence-corrected chi connectivity index (χ0v) is 8.82. The van der Waals surface area contributed by atoms with Gasteiger partial charge in [0.15, 0.2) is 0 Å². The van der Waals surface area contributed by atoms with Gasteiger partial charge in [0.2, 0.25) is 0 Å². The van der Waals surface area contributed by atoms with Crippen LogP contribution in [-0.2, 0) is 16.0 Å². The van der Waals surface area contributed by atoms with Crippen molar-refractivity contribution in [1.82, 2.24) is 4.98 Å². The summed E-state index contributed by atoms with van der Waals surface area (Å²) in [5.41, 5.74) is 1.04. The van der Waals surface area contributed by atoms with Crippen LogP contribution in [0.1, 0.15) is 29.4 Å². The van der Waals surface area contributed by atoms with Crippen molar-refractivity contribution in [2.75, 3.05) is 7.11 Å². The van der Waals surface area contributed by atoms with Crippen molar-refractivity contribution < 1.29 is 14.3 Å². The Hall–Kier alpha value is -1.71. The normalized spacial score (nSPS) is 9.73. The summed E-state index contributed by atoms with van der Waals surface area (Å²) in [6.07, 6.45) is 2.46. The molecule has 1 aromatic heterocycles. The quantitative estimate of drug-likeness (QED) is 0.700. The van der Waals surface area contributed by atoms with Gasteiger partial charge < -0.3 is 9.53 Å². The number of ketones is 1. The van der Waals surface area contributed by atoms with E-state index in [1.165, 1.54) is 14.0 Å². The van der Waals surface area contributed by atoms with E-state index >= 15 is 0 Å². The van der Waals surface area contributed by atoms with E-state index < -0.39 is 5.97 Å². The van der Waals surface area contributed by atoms with Gasteiger partial charge in [-0.05, 0) is 25.5 Å². The maximum Gasteiger partial charge on any atom is 0.339 e. The lowest BCUT2D eigenvalue weighted by Gasteiger charge is -2.04. The third kappa shape index (κ3) is 3.16. The second-order valence-corrected chi connectivity index (χ2v) is 3.19. The molecule has 1 rings (SSSR count). The molecule has 0 aliphatic rings. The first-order chi connectivity index (χ1) is 7.15. The maximum absolute atomic E-state index is 11.3. The van der Waals surface area contributed by atoms with Gasteiger partial charge in [-0.1, -0.05) is 0 Å². The Labute approximate surface area is 88.3 Å². The Morgan fingerprint density at radius 1 is 1.47 bits per heavy atom. The highest BCUT2D eigenvalue weighted by atomic mass is 16.5. The minimum atomic E-state index is -0.415. The van der Waals surface area contributed by atoms with Crippen LogP contribution >= 0.6 is 0 Å². The Balaban J connectivity index is 2.86. The van der Waals surface area contributed by atoms with Crippen LogP contribution in [0.5, 0.6) is 0 Å². The minimum Gasteiger partial charge on any atom is -0.465 e. The van der Waals surface area contributed by atoms with Crippen LogP contribution in [0.25, 0.3) is 0 Å². The van der Waals surface area contributed by atoms with Crippen molar-refractivity contribution >= 4 is 11.8 Å². The van der Waals surface area contributed by atoms with E-state index in [0.717, 1.165) is 0 Å². The molecule has 15 heavy (non-hydrogen) atoms. The van der Waals surface area contributed by atoms with Gasteiger partial charge in [-0.3, -0.25) is 4.98 Å². The molecule has 0 unspecified atom stereocenters. The first-order valence-electron chi connectivity index (χ1n) is 4.66. The summed E-state index contributed by atoms with van der Waals surface area (Å²) in [6.45, 7) is 1.51. The SMILES string of the molecule is COC(=O)c1cccnc1CCC(C)=O. The number of esters is 1. The van der Waals surface area contributed by atoms with E-state index in [2.05, 4.69) is 9.72 Å². The number of methoxy groups -OCH3 is 1. The Morgan fingerprint density at radius 2 is 2.20 bits per heavy atom. The van der Waals surface area contributed by atoms with Crippen LogP contribution in [0.2, 0.25) is 0 Å². The maximum atomic E-state index is 11.3. The number of ether oxygens (including phenoxy) is 1. The third-order valence-corrected chi connectivity index (χ3v) is 2.01. The lowest BCUT2D eigenvalue weighted by molar-refractivity contribution is -0.117. The summed E-state index contributed by atoms with van der Waals surface area (Å²) in [5.74, 6) is -0.335. The molecule has 0 fully saturated rings. The number of carbonyl (C=O) groups excluding carboxylic acids is 2. The van der Waals surface area contributed by atoms with E-state index in [-0.39, 0.29) is 5.78 Å². The molecule has 1 heterocycles. The van der Waals surface area contributed by atoms with Crippen molar-refractivity contribution in [1.29, 1.82) is 0 Å². The third-order valence-electron chi connectivity index (χ3n) is 2.01. The topological polar surface area (TPSA) is 56.3 Å². The molecule has 0 N–H and O–H groups in total. The number of rotatable bonds is 4. The summed E-state index contributed by atoms with van der Waals surface area (Å²) in [4.78, 5) is 26.2. The Bertz CT molecular complexity index is 374. The number of pyridine rings is 1. The first-order valence-corrected chi connectivity index (χ1v) is 4.66. The number of carbonyl (C=O) groups is 2. The highest BCUT2D eigenvalue weighted by Crippen LogP contribution is 2.09. The first kappa shape index (κ1) is 11.4. The lowest BCUT2D eigenvalue weighted by Crippen LogP contribution is -2.08. The molecule has 0 aliphatic heterocycles. The van der Waals surface area contributed by atoms with Crippen LogP contribution < -0.4 is 0 Å². The summed E-state index contributed by atoms with van der Waals surface area (Å²) in [5, 5.41) is 0. The average molecular weight is 207 g/mol. The molecule has 80 valence electrons. The minimum absolute atomic E-state index is 0.0801. The van der Waals surface area contributed by atoms with Gasteiger partial charge in [0.1, 0.15) is 5.78 Å². The number of hydrogen-bond donors (Lipinski definition) is 0. The van der Waals surface area contributed by atoms with E-state index in [4.69, 9.17) is 0 Å².